The number of methoxy groups -OCH3 is 1. The zero-order valence-electron chi connectivity index (χ0n) is 23.1. The average Bonchev–Trinajstić information content (AvgIpc) is 3.25. The van der Waals surface area contributed by atoms with E-state index in [9.17, 15) is 31.5 Å². The molecule has 0 radical (unpaired) electrons. The van der Waals surface area contributed by atoms with Crippen molar-refractivity contribution in [3.63, 3.8) is 0 Å². The molecule has 3 fully saturated rings. The van der Waals surface area contributed by atoms with Gasteiger partial charge in [0, 0.05) is 57.2 Å². The number of nitrogens with two attached hydrogens (primary N) is 1. The molecule has 3 atom stereocenters. The first-order chi connectivity index (χ1) is 20.4. The van der Waals surface area contributed by atoms with E-state index >= 15 is 0 Å². The van der Waals surface area contributed by atoms with Gasteiger partial charge in [-0.3, -0.25) is 14.5 Å². The molecule has 0 aromatic carbocycles. The van der Waals surface area contributed by atoms with Gasteiger partial charge in [0.2, 0.25) is 11.8 Å². The number of carbonyl (C=O) groups excluding carboxylic acids is 2. The summed E-state index contributed by atoms with van der Waals surface area (Å²) in [7, 11) is 1.31. The first-order valence-corrected chi connectivity index (χ1v) is 13.7. The maximum absolute atomic E-state index is 14.8. The molecule has 16 heteroatoms. The largest absolute Gasteiger partial charge is 0.480 e. The smallest absolute Gasteiger partial charge is 0.260 e. The molecule has 3 N–H and O–H groups in total. The van der Waals surface area contributed by atoms with Gasteiger partial charge in [0.05, 0.1) is 25.4 Å². The lowest BCUT2D eigenvalue weighted by atomic mass is 10.1. The van der Waals surface area contributed by atoms with Gasteiger partial charge in [-0.1, -0.05) is 0 Å². The van der Waals surface area contributed by atoms with E-state index in [0.717, 1.165) is 4.90 Å². The van der Waals surface area contributed by atoms with Crippen LogP contribution in [0.25, 0.3) is 16.8 Å². The first-order valence-electron chi connectivity index (χ1n) is 13.7. The van der Waals surface area contributed by atoms with Crippen LogP contribution in [0, 0.1) is 5.92 Å². The zero-order valence-corrected chi connectivity index (χ0v) is 23.1. The van der Waals surface area contributed by atoms with Crippen LogP contribution in [0.5, 0.6) is 5.88 Å². The third kappa shape index (κ3) is 5.55. The van der Waals surface area contributed by atoms with Gasteiger partial charge in [-0.2, -0.15) is 5.10 Å². The van der Waals surface area contributed by atoms with Gasteiger partial charge in [0.15, 0.2) is 5.82 Å². The number of hydrogen-bond acceptors (Lipinski definition) is 8. The van der Waals surface area contributed by atoms with E-state index in [-0.39, 0.29) is 49.7 Å². The van der Waals surface area contributed by atoms with E-state index in [1.807, 2.05) is 4.90 Å². The number of aromatic nitrogens is 4. The number of pyridine rings is 1. The number of rotatable bonds is 7. The Hall–Kier alpha value is -4.08. The fourth-order valence-electron chi connectivity index (χ4n) is 5.70. The molecule has 1 saturated carbocycles. The lowest BCUT2D eigenvalue weighted by Crippen LogP contribution is -2.42. The Morgan fingerprint density at radius 3 is 2.53 bits per heavy atom. The van der Waals surface area contributed by atoms with E-state index in [1.165, 1.54) is 30.2 Å². The number of amides is 2. The highest BCUT2D eigenvalue weighted by atomic mass is 19.3. The van der Waals surface area contributed by atoms with Crippen molar-refractivity contribution in [3.8, 4) is 17.1 Å². The Kier molecular flexibility index (Phi) is 7.13. The number of nitrogen functional groups attached to an aromatic ring is 1. The lowest BCUT2D eigenvalue weighted by Gasteiger charge is -2.31. The van der Waals surface area contributed by atoms with Gasteiger partial charge >= 0.3 is 0 Å². The summed E-state index contributed by atoms with van der Waals surface area (Å²) in [5.41, 5.74) is 8.22. The maximum atomic E-state index is 14.8. The number of hydrogen-bond donors (Lipinski definition) is 2. The Bertz CT molecular complexity index is 1570. The van der Waals surface area contributed by atoms with Crippen LogP contribution in [0.3, 0.4) is 0 Å². The highest BCUT2D eigenvalue weighted by Gasteiger charge is 2.63. The number of anilines is 1. The molecule has 1 unspecified atom stereocenters. The first kappa shape index (κ1) is 29.0. The Balaban J connectivity index is 1.25. The topological polar surface area (TPSA) is 131 Å². The fourth-order valence-corrected chi connectivity index (χ4v) is 5.70. The van der Waals surface area contributed by atoms with Gasteiger partial charge in [-0.25, -0.2) is 36.4 Å². The van der Waals surface area contributed by atoms with E-state index < -0.39 is 54.8 Å². The van der Waals surface area contributed by atoms with Crippen molar-refractivity contribution >= 4 is 23.1 Å². The molecular weight excluding hydrogens is 579 g/mol. The summed E-state index contributed by atoms with van der Waals surface area (Å²) in [5, 5.41) is 6.85. The van der Waals surface area contributed by atoms with E-state index in [4.69, 9.17) is 10.5 Å². The molecule has 43 heavy (non-hydrogen) atoms. The van der Waals surface area contributed by atoms with Crippen LogP contribution in [0.4, 0.5) is 27.8 Å². The van der Waals surface area contributed by atoms with Gasteiger partial charge < -0.3 is 20.7 Å². The number of piperidine rings is 1. The molecule has 5 heterocycles. The predicted molar refractivity (Wildman–Crippen MR) is 142 cm³/mol. The van der Waals surface area contributed by atoms with Crippen molar-refractivity contribution in [2.45, 2.75) is 49.9 Å². The van der Waals surface area contributed by atoms with Crippen molar-refractivity contribution in [3.05, 3.63) is 35.8 Å². The van der Waals surface area contributed by atoms with Crippen molar-refractivity contribution in [1.29, 1.82) is 0 Å². The number of alkyl halides is 5. The second-order valence-electron chi connectivity index (χ2n) is 11.2. The summed E-state index contributed by atoms with van der Waals surface area (Å²) < 4.78 is 75.8. The SMILES string of the molecule is COc1ncc(-c2cc(CN3CCC(F)(F)CC3)c3c(N)ncnn23)cc1C(=O)N[C@@H]1CN(C(=O)C2CC2(F)F)C[C@@H]1F. The summed E-state index contributed by atoms with van der Waals surface area (Å²) in [6, 6.07) is 2.12. The van der Waals surface area contributed by atoms with Crippen molar-refractivity contribution in [1.82, 2.24) is 34.7 Å². The number of ether oxygens (including phenoxy) is 1. The van der Waals surface area contributed by atoms with Crippen LogP contribution in [0.2, 0.25) is 0 Å². The molecule has 3 aromatic rings. The van der Waals surface area contributed by atoms with Gasteiger partial charge in [-0.15, -0.1) is 0 Å². The summed E-state index contributed by atoms with van der Waals surface area (Å²) in [6.07, 6.45) is -0.0181. The molecule has 230 valence electrons. The molecule has 3 aromatic heterocycles. The van der Waals surface area contributed by atoms with E-state index in [0.29, 0.717) is 28.9 Å². The van der Waals surface area contributed by atoms with E-state index in [1.54, 1.807) is 6.07 Å². The average molecular weight is 609 g/mol. The van der Waals surface area contributed by atoms with Gasteiger partial charge in [-0.05, 0) is 17.7 Å². The third-order valence-corrected chi connectivity index (χ3v) is 8.23. The number of fused-ring (bicyclic) bond motifs is 1. The number of nitrogens with one attached hydrogen (secondary N) is 1. The molecule has 1 aliphatic carbocycles. The highest BCUT2D eigenvalue weighted by Crippen LogP contribution is 2.49. The summed E-state index contributed by atoms with van der Waals surface area (Å²) in [5.74, 6) is -8.68. The quantitative estimate of drug-likeness (QED) is 0.392. The minimum absolute atomic E-state index is 0.0394. The number of likely N-dealkylation sites (tertiary alicyclic amines) is 2. The van der Waals surface area contributed by atoms with Gasteiger partial charge in [0.1, 0.15) is 29.5 Å². The van der Waals surface area contributed by atoms with Crippen LogP contribution in [-0.2, 0) is 11.3 Å². The number of halogens is 5. The third-order valence-electron chi connectivity index (χ3n) is 8.23. The van der Waals surface area contributed by atoms with Crippen LogP contribution < -0.4 is 15.8 Å². The predicted octanol–water partition coefficient (Wildman–Crippen LogP) is 2.55. The zero-order chi connectivity index (χ0) is 30.7. The molecule has 11 nitrogen and oxygen atoms in total. The maximum Gasteiger partial charge on any atom is 0.260 e. The minimum atomic E-state index is -3.08. The number of carbonyl (C=O) groups is 2. The highest BCUT2D eigenvalue weighted by molar-refractivity contribution is 5.98. The molecule has 0 spiro atoms. The minimum Gasteiger partial charge on any atom is -0.480 e. The summed E-state index contributed by atoms with van der Waals surface area (Å²) >= 11 is 0. The molecular formula is C27H29F5N8O3. The van der Waals surface area contributed by atoms with Crippen molar-refractivity contribution in [2.24, 2.45) is 5.92 Å². The Labute approximate surface area is 242 Å². The van der Waals surface area contributed by atoms with E-state index in [2.05, 4.69) is 20.4 Å². The van der Waals surface area contributed by atoms with Crippen LogP contribution in [0.1, 0.15) is 35.2 Å². The summed E-state index contributed by atoms with van der Waals surface area (Å²) in [6.45, 7) is 0.0598. The molecule has 3 aliphatic rings. The van der Waals surface area contributed by atoms with Crippen LogP contribution in [0.15, 0.2) is 24.7 Å². The number of nitrogens with zero attached hydrogens (tertiary/aromatic N) is 6. The molecule has 2 amide bonds. The Morgan fingerprint density at radius 1 is 1.14 bits per heavy atom. The second-order valence-corrected chi connectivity index (χ2v) is 11.2. The van der Waals surface area contributed by atoms with Crippen LogP contribution in [-0.4, -0.2) is 98.5 Å². The summed E-state index contributed by atoms with van der Waals surface area (Å²) in [4.78, 5) is 36.9. The van der Waals surface area contributed by atoms with Crippen molar-refractivity contribution < 1.29 is 36.3 Å². The van der Waals surface area contributed by atoms with Crippen molar-refractivity contribution in [2.75, 3.05) is 39.0 Å². The molecule has 2 aliphatic heterocycles. The van der Waals surface area contributed by atoms with Crippen LogP contribution >= 0.6 is 0 Å². The fraction of sp³-hybridized carbons (Fsp3) is 0.519. The van der Waals surface area contributed by atoms with Gasteiger partial charge in [0.25, 0.3) is 17.8 Å². The molecule has 6 rings (SSSR count). The molecule has 2 saturated heterocycles. The lowest BCUT2D eigenvalue weighted by molar-refractivity contribution is -0.134. The Morgan fingerprint density at radius 2 is 1.86 bits per heavy atom. The standard InChI is InChI=1S/C27H29F5N8O3/c1-43-24-16(23(41)37-19-12-39(11-18(19)28)25(42)17-8-27(17,31)32)6-14(9-34-24)20-7-15(21-22(33)35-13-36-40(20)21)10-38-4-2-26(29,30)3-5-38/h6-7,9,13,17-19H,2-5,8,10-12H2,1H3,(H,37,41)(H2,33,35,36)/t17?,18-,19+/m0/s1. The normalized spacial score (nSPS) is 24.7. The monoisotopic (exact) mass is 608 g/mol. The second kappa shape index (κ2) is 10.6. The molecule has 0 bridgehead atoms.